The molecule has 0 aromatic rings. The molecule has 0 aliphatic rings. The van der Waals surface area contributed by atoms with Crippen LogP contribution in [0.2, 0.25) is 0 Å². The Morgan fingerprint density at radius 3 is 1.45 bits per heavy atom. The van der Waals surface area contributed by atoms with Crippen LogP contribution in [-0.2, 0) is 27.9 Å². The number of hydrogen-bond donors (Lipinski definition) is 1. The normalized spacial score (nSPS) is 13.8. The second-order valence-electron chi connectivity index (χ2n) is 15.8. The van der Waals surface area contributed by atoms with Gasteiger partial charge in [0.2, 0.25) is 0 Å². The number of nitrogens with zero attached hydrogens (tertiary/aromatic N) is 1. The van der Waals surface area contributed by atoms with Gasteiger partial charge in [-0.25, -0.2) is 4.57 Å². The summed E-state index contributed by atoms with van der Waals surface area (Å²) in [6.45, 7) is 4.95. The van der Waals surface area contributed by atoms with Gasteiger partial charge in [-0.05, 0) is 25.3 Å². The molecule has 304 valence electrons. The van der Waals surface area contributed by atoms with Gasteiger partial charge in [-0.15, -0.1) is 0 Å². The number of phosphoric ester groups is 1. The van der Waals surface area contributed by atoms with E-state index in [1.165, 1.54) is 148 Å². The summed E-state index contributed by atoms with van der Waals surface area (Å²) in [5.41, 5.74) is 0. The van der Waals surface area contributed by atoms with Gasteiger partial charge in [-0.1, -0.05) is 174 Å². The van der Waals surface area contributed by atoms with E-state index >= 15 is 0 Å². The van der Waals surface area contributed by atoms with Crippen LogP contribution in [0.4, 0.5) is 0 Å². The molecule has 0 heterocycles. The summed E-state index contributed by atoms with van der Waals surface area (Å²) < 4.78 is 34.7. The lowest BCUT2D eigenvalue weighted by molar-refractivity contribution is -0.870. The molecule has 0 aromatic carbocycles. The Labute approximate surface area is 316 Å². The van der Waals surface area contributed by atoms with E-state index in [2.05, 4.69) is 13.8 Å². The maximum absolute atomic E-state index is 12.6. The minimum absolute atomic E-state index is 0.0540. The molecule has 0 saturated carbocycles. The van der Waals surface area contributed by atoms with E-state index in [-0.39, 0.29) is 25.8 Å². The Hall–Kier alpha value is -0.920. The Bertz CT molecular complexity index is 833. The molecule has 0 spiro atoms. The number of hydrogen-bond acceptors (Lipinski definition) is 6. The van der Waals surface area contributed by atoms with E-state index in [1.54, 1.807) is 6.26 Å². The first kappa shape index (κ1) is 50.1. The maximum atomic E-state index is 12.6. The summed E-state index contributed by atoms with van der Waals surface area (Å²) >= 11 is 0. The van der Waals surface area contributed by atoms with Gasteiger partial charge in [-0.3, -0.25) is 13.8 Å². The third-order valence-corrected chi connectivity index (χ3v) is 10.4. The minimum Gasteiger partial charge on any atom is -0.498 e. The van der Waals surface area contributed by atoms with Crippen molar-refractivity contribution in [2.24, 2.45) is 0 Å². The molecule has 0 bridgehead atoms. The third kappa shape index (κ3) is 40.1. The lowest BCUT2D eigenvalue weighted by Crippen LogP contribution is -2.37. The highest BCUT2D eigenvalue weighted by Gasteiger charge is 2.26. The van der Waals surface area contributed by atoms with Crippen LogP contribution in [0.5, 0.6) is 0 Å². The number of phosphoric acid groups is 1. The van der Waals surface area contributed by atoms with Crippen molar-refractivity contribution in [3.8, 4) is 0 Å². The van der Waals surface area contributed by atoms with Crippen LogP contribution in [0, 0.1) is 0 Å². The molecule has 0 aliphatic carbocycles. The van der Waals surface area contributed by atoms with Crippen LogP contribution < -0.4 is 0 Å². The lowest BCUT2D eigenvalue weighted by atomic mass is 10.0. The molecular weight excluding hydrogens is 661 g/mol. The van der Waals surface area contributed by atoms with Gasteiger partial charge in [0.1, 0.15) is 19.8 Å². The molecular formula is C42H85NO7P+. The fraction of sp³-hybridized carbons (Fsp3) is 0.929. The number of esters is 1. The van der Waals surface area contributed by atoms with Gasteiger partial charge in [0.15, 0.2) is 6.10 Å². The van der Waals surface area contributed by atoms with Crippen molar-refractivity contribution < 1.29 is 37.3 Å². The first-order valence-electron chi connectivity index (χ1n) is 21.5. The lowest BCUT2D eigenvalue weighted by Gasteiger charge is -2.24. The first-order valence-corrected chi connectivity index (χ1v) is 23.0. The second kappa shape index (κ2) is 36.1. The molecule has 1 unspecified atom stereocenters. The van der Waals surface area contributed by atoms with Crippen molar-refractivity contribution in [2.45, 2.75) is 206 Å². The average molecular weight is 747 g/mol. The van der Waals surface area contributed by atoms with E-state index < -0.39 is 13.9 Å². The Morgan fingerprint density at radius 1 is 0.608 bits per heavy atom. The number of rotatable bonds is 40. The number of quaternary nitrogens is 1. The Balaban J connectivity index is 4.27. The molecule has 0 amide bonds. The monoisotopic (exact) mass is 747 g/mol. The van der Waals surface area contributed by atoms with Gasteiger partial charge in [-0.2, -0.15) is 0 Å². The summed E-state index contributed by atoms with van der Waals surface area (Å²) in [7, 11) is 1.65. The van der Waals surface area contributed by atoms with Crippen LogP contribution >= 0.6 is 7.82 Å². The number of ether oxygens (including phenoxy) is 2. The van der Waals surface area contributed by atoms with E-state index in [4.69, 9.17) is 18.5 Å². The SMILES string of the molecule is CCCCCCCCCCCCCCCC/C=C\OC[C@@H](COP(=O)(O)OCC[N+](C)(C)C)OC(=O)CCCCCCCCCCCCCCC. The molecule has 0 saturated heterocycles. The van der Waals surface area contributed by atoms with E-state index in [9.17, 15) is 14.3 Å². The van der Waals surface area contributed by atoms with Crippen LogP contribution in [0.1, 0.15) is 200 Å². The standard InChI is InChI=1S/C42H84NO7P/c1-6-8-10-12-14-16-18-20-21-22-24-26-28-30-32-34-37-47-39-41(40-49-51(45,46)48-38-36-43(3,4)5)50-42(44)35-33-31-29-27-25-23-19-17-15-13-11-9-7-2/h34,37,41H,6-33,35-36,38-40H2,1-5H3/p+1/b37-34-/t41-/m0/s1. The summed E-state index contributed by atoms with van der Waals surface area (Å²) in [5, 5.41) is 0. The van der Waals surface area contributed by atoms with Gasteiger partial charge in [0.05, 0.1) is 34.0 Å². The quantitative estimate of drug-likeness (QED) is 0.0219. The highest BCUT2D eigenvalue weighted by atomic mass is 31.2. The summed E-state index contributed by atoms with van der Waals surface area (Å²) in [5.74, 6) is -0.333. The average Bonchev–Trinajstić information content (AvgIpc) is 3.08. The van der Waals surface area contributed by atoms with Crippen molar-refractivity contribution in [1.29, 1.82) is 0 Å². The third-order valence-electron chi connectivity index (χ3n) is 9.42. The number of carbonyl (C=O) groups excluding carboxylic acids is 1. The molecule has 51 heavy (non-hydrogen) atoms. The van der Waals surface area contributed by atoms with E-state index in [0.717, 1.165) is 32.1 Å². The van der Waals surface area contributed by atoms with Crippen molar-refractivity contribution in [3.63, 3.8) is 0 Å². The van der Waals surface area contributed by atoms with Gasteiger partial charge < -0.3 is 18.9 Å². The predicted molar refractivity (Wildman–Crippen MR) is 215 cm³/mol. The zero-order valence-corrected chi connectivity index (χ0v) is 35.3. The Kier molecular flexibility index (Phi) is 35.4. The summed E-state index contributed by atoms with van der Waals surface area (Å²) in [4.78, 5) is 22.8. The molecule has 9 heteroatoms. The number of unbranched alkanes of at least 4 members (excludes halogenated alkanes) is 26. The number of likely N-dealkylation sites (N-methyl/N-ethyl adjacent to an activating group) is 1. The smallest absolute Gasteiger partial charge is 0.472 e. The minimum atomic E-state index is -4.28. The molecule has 0 aliphatic heterocycles. The first-order chi connectivity index (χ1) is 24.6. The Morgan fingerprint density at radius 2 is 1.02 bits per heavy atom. The highest BCUT2D eigenvalue weighted by molar-refractivity contribution is 7.47. The predicted octanol–water partition coefficient (Wildman–Crippen LogP) is 12.6. The van der Waals surface area contributed by atoms with E-state index in [1.807, 2.05) is 27.2 Å². The zero-order chi connectivity index (χ0) is 37.7. The number of allylic oxidation sites excluding steroid dienone is 1. The summed E-state index contributed by atoms with van der Waals surface area (Å²) in [6, 6.07) is 0. The topological polar surface area (TPSA) is 91.3 Å². The molecule has 2 atom stereocenters. The van der Waals surface area contributed by atoms with Gasteiger partial charge >= 0.3 is 13.8 Å². The molecule has 0 radical (unpaired) electrons. The van der Waals surface area contributed by atoms with E-state index in [0.29, 0.717) is 17.4 Å². The van der Waals surface area contributed by atoms with Crippen molar-refractivity contribution >= 4 is 13.8 Å². The summed E-state index contributed by atoms with van der Waals surface area (Å²) in [6.07, 6.45) is 39.0. The number of carbonyl (C=O) groups is 1. The van der Waals surface area contributed by atoms with Gasteiger partial charge in [0, 0.05) is 6.42 Å². The van der Waals surface area contributed by atoms with Crippen molar-refractivity contribution in [1.82, 2.24) is 0 Å². The molecule has 0 rings (SSSR count). The second-order valence-corrected chi connectivity index (χ2v) is 17.3. The molecule has 1 N–H and O–H groups in total. The van der Waals surface area contributed by atoms with Crippen LogP contribution in [0.25, 0.3) is 0 Å². The van der Waals surface area contributed by atoms with Crippen LogP contribution in [-0.4, -0.2) is 69.0 Å². The highest BCUT2D eigenvalue weighted by Crippen LogP contribution is 2.43. The van der Waals surface area contributed by atoms with Crippen LogP contribution in [0.3, 0.4) is 0 Å². The largest absolute Gasteiger partial charge is 0.498 e. The fourth-order valence-electron chi connectivity index (χ4n) is 6.05. The maximum Gasteiger partial charge on any atom is 0.472 e. The van der Waals surface area contributed by atoms with Crippen LogP contribution in [0.15, 0.2) is 12.3 Å². The van der Waals surface area contributed by atoms with Crippen molar-refractivity contribution in [2.75, 3.05) is 47.5 Å². The molecule has 0 fully saturated rings. The zero-order valence-electron chi connectivity index (χ0n) is 34.4. The van der Waals surface area contributed by atoms with Crippen molar-refractivity contribution in [3.05, 3.63) is 12.3 Å². The molecule has 0 aromatic heterocycles. The fourth-order valence-corrected chi connectivity index (χ4v) is 6.79. The molecule has 8 nitrogen and oxygen atoms in total. The van der Waals surface area contributed by atoms with Gasteiger partial charge in [0.25, 0.3) is 0 Å².